The summed E-state index contributed by atoms with van der Waals surface area (Å²) < 4.78 is 10.8. The predicted octanol–water partition coefficient (Wildman–Crippen LogP) is 1.98. The average Bonchev–Trinajstić information content (AvgIpc) is 2.76. The number of anilines is 1. The van der Waals surface area contributed by atoms with Crippen molar-refractivity contribution in [3.63, 3.8) is 0 Å². The number of methoxy groups -OCH3 is 1. The van der Waals surface area contributed by atoms with Gasteiger partial charge in [-0.15, -0.1) is 0 Å². The Morgan fingerprint density at radius 1 is 1.37 bits per heavy atom. The second-order valence-corrected chi connectivity index (χ2v) is 6.03. The first-order valence-corrected chi connectivity index (χ1v) is 7.35. The summed E-state index contributed by atoms with van der Waals surface area (Å²) in [6.45, 7) is 7.46. The molecule has 1 aromatic heterocycles. The van der Waals surface area contributed by atoms with Crippen molar-refractivity contribution in [2.24, 2.45) is 5.92 Å². The molecule has 0 bridgehead atoms. The van der Waals surface area contributed by atoms with Crippen molar-refractivity contribution in [3.05, 3.63) is 4.88 Å². The molecule has 0 atom stereocenters. The van der Waals surface area contributed by atoms with Crippen LogP contribution in [0.2, 0.25) is 0 Å². The Hall–Kier alpha value is -0.850. The van der Waals surface area contributed by atoms with Crippen molar-refractivity contribution in [2.75, 3.05) is 45.9 Å². The van der Waals surface area contributed by atoms with Crippen molar-refractivity contribution in [1.82, 2.24) is 10.3 Å². The molecule has 19 heavy (non-hydrogen) atoms. The minimum atomic E-state index is 0.587. The zero-order valence-corrected chi connectivity index (χ0v) is 13.3. The highest BCUT2D eigenvalue weighted by molar-refractivity contribution is 7.15. The van der Waals surface area contributed by atoms with Crippen LogP contribution in [0.1, 0.15) is 18.7 Å². The molecular weight excluding hydrogens is 262 g/mol. The lowest BCUT2D eigenvalue weighted by molar-refractivity contribution is 0.111. The number of thiazole rings is 1. The zero-order chi connectivity index (χ0) is 14.3. The monoisotopic (exact) mass is 287 g/mol. The van der Waals surface area contributed by atoms with Crippen LogP contribution >= 0.6 is 11.3 Å². The molecule has 0 amide bonds. The minimum Gasteiger partial charge on any atom is -0.480 e. The number of rotatable bonds is 9. The summed E-state index contributed by atoms with van der Waals surface area (Å²) in [4.78, 5) is 7.53. The lowest BCUT2D eigenvalue weighted by Crippen LogP contribution is -2.20. The Kier molecular flexibility index (Phi) is 7.12. The summed E-state index contributed by atoms with van der Waals surface area (Å²) in [7, 11) is 5.62. The van der Waals surface area contributed by atoms with Gasteiger partial charge >= 0.3 is 0 Å². The summed E-state index contributed by atoms with van der Waals surface area (Å²) >= 11 is 1.65. The van der Waals surface area contributed by atoms with E-state index in [0.29, 0.717) is 11.8 Å². The van der Waals surface area contributed by atoms with E-state index in [1.807, 2.05) is 19.0 Å². The van der Waals surface area contributed by atoms with Gasteiger partial charge in [0.15, 0.2) is 5.13 Å². The van der Waals surface area contributed by atoms with Crippen LogP contribution in [-0.4, -0.2) is 45.9 Å². The van der Waals surface area contributed by atoms with Crippen LogP contribution in [0.4, 0.5) is 5.13 Å². The molecule has 1 N–H and O–H groups in total. The molecule has 1 heterocycles. The third kappa shape index (κ3) is 5.76. The van der Waals surface area contributed by atoms with Gasteiger partial charge < -0.3 is 19.7 Å². The maximum absolute atomic E-state index is 5.52. The highest BCUT2D eigenvalue weighted by Crippen LogP contribution is 2.29. The molecule has 0 saturated heterocycles. The molecule has 0 unspecified atom stereocenters. The fourth-order valence-electron chi connectivity index (χ4n) is 1.45. The van der Waals surface area contributed by atoms with Crippen molar-refractivity contribution in [1.29, 1.82) is 0 Å². The SMILES string of the molecule is COc1nc(N(C)C)sc1CNCCOCC(C)C. The standard InChI is InChI=1S/C13H25N3O2S/c1-10(2)9-18-7-6-14-8-11-12(17-5)15-13(19-11)16(3)4/h10,14H,6-9H2,1-5H3. The minimum absolute atomic E-state index is 0.587. The fourth-order valence-corrected chi connectivity index (χ4v) is 2.38. The highest BCUT2D eigenvalue weighted by Gasteiger charge is 2.12. The van der Waals surface area contributed by atoms with E-state index >= 15 is 0 Å². The van der Waals surface area contributed by atoms with E-state index in [9.17, 15) is 0 Å². The molecule has 0 saturated carbocycles. The lowest BCUT2D eigenvalue weighted by atomic mass is 10.2. The average molecular weight is 287 g/mol. The topological polar surface area (TPSA) is 46.6 Å². The third-order valence-corrected chi connectivity index (χ3v) is 3.59. The predicted molar refractivity (Wildman–Crippen MR) is 80.4 cm³/mol. The van der Waals surface area contributed by atoms with Gasteiger partial charge in [-0.25, -0.2) is 0 Å². The fraction of sp³-hybridized carbons (Fsp3) is 0.769. The number of aromatic nitrogens is 1. The van der Waals surface area contributed by atoms with Gasteiger partial charge in [0.2, 0.25) is 5.88 Å². The maximum atomic E-state index is 5.52. The van der Waals surface area contributed by atoms with E-state index in [-0.39, 0.29) is 0 Å². The largest absolute Gasteiger partial charge is 0.480 e. The summed E-state index contributed by atoms with van der Waals surface area (Å²) in [6, 6.07) is 0. The lowest BCUT2D eigenvalue weighted by Gasteiger charge is -2.07. The zero-order valence-electron chi connectivity index (χ0n) is 12.5. The molecule has 110 valence electrons. The molecule has 0 aromatic carbocycles. The molecule has 1 aromatic rings. The summed E-state index contributed by atoms with van der Waals surface area (Å²) in [5, 5.41) is 4.31. The summed E-state index contributed by atoms with van der Waals surface area (Å²) in [5.41, 5.74) is 0. The van der Waals surface area contributed by atoms with Gasteiger partial charge in [-0.2, -0.15) is 4.98 Å². The Morgan fingerprint density at radius 2 is 2.11 bits per heavy atom. The van der Waals surface area contributed by atoms with Crippen LogP contribution in [0.15, 0.2) is 0 Å². The van der Waals surface area contributed by atoms with E-state index in [4.69, 9.17) is 9.47 Å². The number of hydrogen-bond acceptors (Lipinski definition) is 6. The first-order chi connectivity index (χ1) is 9.04. The van der Waals surface area contributed by atoms with E-state index in [1.165, 1.54) is 0 Å². The Morgan fingerprint density at radius 3 is 2.68 bits per heavy atom. The van der Waals surface area contributed by atoms with E-state index in [0.717, 1.165) is 36.3 Å². The van der Waals surface area contributed by atoms with E-state index in [1.54, 1.807) is 18.4 Å². The number of hydrogen-bond donors (Lipinski definition) is 1. The van der Waals surface area contributed by atoms with E-state index < -0.39 is 0 Å². The molecule has 0 aliphatic heterocycles. The highest BCUT2D eigenvalue weighted by atomic mass is 32.1. The molecule has 1 rings (SSSR count). The molecule has 0 radical (unpaired) electrons. The molecule has 0 spiro atoms. The van der Waals surface area contributed by atoms with Gasteiger partial charge in [-0.05, 0) is 5.92 Å². The van der Waals surface area contributed by atoms with Gasteiger partial charge in [-0.1, -0.05) is 25.2 Å². The number of ether oxygens (including phenoxy) is 2. The summed E-state index contributed by atoms with van der Waals surface area (Å²) in [5.74, 6) is 1.30. The van der Waals surface area contributed by atoms with Gasteiger partial charge in [0.1, 0.15) is 0 Å². The molecule has 6 heteroatoms. The van der Waals surface area contributed by atoms with E-state index in [2.05, 4.69) is 24.1 Å². The normalized spacial score (nSPS) is 11.1. The smallest absolute Gasteiger partial charge is 0.230 e. The second kappa shape index (κ2) is 8.35. The first kappa shape index (κ1) is 16.2. The number of nitrogens with zero attached hydrogens (tertiary/aromatic N) is 2. The van der Waals surface area contributed by atoms with Crippen molar-refractivity contribution in [2.45, 2.75) is 20.4 Å². The van der Waals surface area contributed by atoms with Crippen LogP contribution in [0.3, 0.4) is 0 Å². The van der Waals surface area contributed by atoms with Gasteiger partial charge in [0.05, 0.1) is 18.6 Å². The summed E-state index contributed by atoms with van der Waals surface area (Å²) in [6.07, 6.45) is 0. The second-order valence-electron chi connectivity index (χ2n) is 4.97. The van der Waals surface area contributed by atoms with Crippen LogP contribution in [0.25, 0.3) is 0 Å². The maximum Gasteiger partial charge on any atom is 0.230 e. The first-order valence-electron chi connectivity index (χ1n) is 6.54. The van der Waals surface area contributed by atoms with Crippen LogP contribution < -0.4 is 15.0 Å². The molecular formula is C13H25N3O2S. The van der Waals surface area contributed by atoms with Crippen molar-refractivity contribution < 1.29 is 9.47 Å². The van der Waals surface area contributed by atoms with Crippen LogP contribution in [-0.2, 0) is 11.3 Å². The van der Waals surface area contributed by atoms with Crippen molar-refractivity contribution in [3.8, 4) is 5.88 Å². The third-order valence-electron chi connectivity index (χ3n) is 2.39. The molecule has 0 fully saturated rings. The Labute approximate surface area is 119 Å². The molecule has 5 nitrogen and oxygen atoms in total. The van der Waals surface area contributed by atoms with Crippen molar-refractivity contribution >= 4 is 16.5 Å². The molecule has 0 aliphatic rings. The quantitative estimate of drug-likeness (QED) is 0.704. The van der Waals surface area contributed by atoms with Crippen LogP contribution in [0, 0.1) is 5.92 Å². The van der Waals surface area contributed by atoms with Gasteiger partial charge in [-0.3, -0.25) is 0 Å². The van der Waals surface area contributed by atoms with Gasteiger partial charge in [0, 0.05) is 33.8 Å². The van der Waals surface area contributed by atoms with Gasteiger partial charge in [0.25, 0.3) is 0 Å². The Balaban J connectivity index is 2.32. The van der Waals surface area contributed by atoms with Crippen LogP contribution in [0.5, 0.6) is 5.88 Å². The Bertz CT molecular complexity index is 367. The molecule has 0 aliphatic carbocycles. The number of nitrogens with one attached hydrogen (secondary N) is 1.